The van der Waals surface area contributed by atoms with Gasteiger partial charge in [-0.25, -0.2) is 0 Å². The van der Waals surface area contributed by atoms with Gasteiger partial charge in [0.25, 0.3) is 0 Å². The molecule has 0 aromatic heterocycles. The minimum atomic E-state index is -0.502. The van der Waals surface area contributed by atoms with Crippen molar-refractivity contribution in [2.45, 2.75) is 39.2 Å². The van der Waals surface area contributed by atoms with Crippen molar-refractivity contribution in [3.63, 3.8) is 0 Å². The summed E-state index contributed by atoms with van der Waals surface area (Å²) in [5, 5.41) is 0.970. The molecule has 1 atom stereocenters. The topological polar surface area (TPSA) is 46.6 Å². The summed E-state index contributed by atoms with van der Waals surface area (Å²) in [5.41, 5.74) is 0.636. The monoisotopic (exact) mass is 357 g/mol. The third-order valence-corrected chi connectivity index (χ3v) is 4.56. The van der Waals surface area contributed by atoms with E-state index in [0.717, 1.165) is 13.0 Å². The Morgan fingerprint density at radius 2 is 1.96 bits per heavy atom. The number of hydrogen-bond donors (Lipinski definition) is 0. The summed E-state index contributed by atoms with van der Waals surface area (Å²) in [7, 11) is 0. The van der Waals surface area contributed by atoms with E-state index in [1.54, 1.807) is 23.1 Å². The second-order valence-electron chi connectivity index (χ2n) is 6.02. The van der Waals surface area contributed by atoms with Gasteiger partial charge in [0.1, 0.15) is 6.10 Å². The van der Waals surface area contributed by atoms with Crippen molar-refractivity contribution in [1.29, 1.82) is 0 Å². The second kappa shape index (κ2) is 8.02. The van der Waals surface area contributed by atoms with E-state index < -0.39 is 6.10 Å². The number of benzene rings is 1. The predicted molar refractivity (Wildman–Crippen MR) is 90.6 cm³/mol. The number of rotatable bonds is 6. The maximum absolute atomic E-state index is 12.2. The van der Waals surface area contributed by atoms with Gasteiger partial charge >= 0.3 is 5.97 Å². The minimum absolute atomic E-state index is 0.0322. The van der Waals surface area contributed by atoms with Gasteiger partial charge in [-0.05, 0) is 24.5 Å². The molecule has 0 aliphatic carbocycles. The smallest absolute Gasteiger partial charge is 0.308 e. The molecule has 1 heterocycles. The molecule has 23 heavy (non-hydrogen) atoms. The summed E-state index contributed by atoms with van der Waals surface area (Å²) in [6, 6.07) is 5.22. The number of likely N-dealkylation sites (tertiary alicyclic amines) is 1. The molecule has 0 saturated carbocycles. The summed E-state index contributed by atoms with van der Waals surface area (Å²) < 4.78 is 5.61. The molecule has 1 aliphatic rings. The normalized spacial score (nSPS) is 16.0. The fraction of sp³-hybridized carbons (Fsp3) is 0.529. The van der Waals surface area contributed by atoms with E-state index in [1.165, 1.54) is 0 Å². The van der Waals surface area contributed by atoms with Gasteiger partial charge in [-0.1, -0.05) is 43.1 Å². The SMILES string of the molecule is CC(C)[C@@H](OC(=O)CCN1CCCC1=O)c1c(Cl)cccc1Cl. The molecule has 6 heteroatoms. The number of esters is 1. The number of carbonyl (C=O) groups excluding carboxylic acids is 2. The Kier molecular flexibility index (Phi) is 6.31. The van der Waals surface area contributed by atoms with Gasteiger partial charge in [-0.3, -0.25) is 9.59 Å². The van der Waals surface area contributed by atoms with Crippen LogP contribution in [0.2, 0.25) is 10.0 Å². The van der Waals surface area contributed by atoms with E-state index in [0.29, 0.717) is 28.6 Å². The Morgan fingerprint density at radius 3 is 2.48 bits per heavy atom. The standard InChI is InChI=1S/C17H21Cl2NO3/c1-11(2)17(16-12(18)5-3-6-13(16)19)23-15(22)8-10-20-9-4-7-14(20)21/h3,5-6,11,17H,4,7-10H2,1-2H3/t17-/m1/s1. The Labute approximate surface area is 146 Å². The van der Waals surface area contributed by atoms with Crippen molar-refractivity contribution in [2.24, 2.45) is 5.92 Å². The third kappa shape index (κ3) is 4.61. The fourth-order valence-corrected chi connectivity index (χ4v) is 3.29. The number of halogens is 2. The van der Waals surface area contributed by atoms with Gasteiger partial charge in [-0.15, -0.1) is 0 Å². The van der Waals surface area contributed by atoms with Crippen molar-refractivity contribution >= 4 is 35.1 Å². The first-order chi connectivity index (χ1) is 10.9. The lowest BCUT2D eigenvalue weighted by Gasteiger charge is -2.24. The first kappa shape index (κ1) is 18.1. The quantitative estimate of drug-likeness (QED) is 0.715. The van der Waals surface area contributed by atoms with Gasteiger partial charge in [0.15, 0.2) is 0 Å². The molecule has 126 valence electrons. The fourth-order valence-electron chi connectivity index (χ4n) is 2.68. The highest BCUT2D eigenvalue weighted by atomic mass is 35.5. The Morgan fingerprint density at radius 1 is 1.30 bits per heavy atom. The van der Waals surface area contributed by atoms with Crippen LogP contribution in [-0.2, 0) is 14.3 Å². The Balaban J connectivity index is 2.02. The van der Waals surface area contributed by atoms with Crippen LogP contribution in [0.15, 0.2) is 18.2 Å². The van der Waals surface area contributed by atoms with E-state index in [9.17, 15) is 9.59 Å². The maximum Gasteiger partial charge on any atom is 0.308 e. The number of amides is 1. The minimum Gasteiger partial charge on any atom is -0.457 e. The summed E-state index contributed by atoms with van der Waals surface area (Å²) in [4.78, 5) is 25.4. The number of nitrogens with zero attached hydrogens (tertiary/aromatic N) is 1. The van der Waals surface area contributed by atoms with Crippen molar-refractivity contribution in [3.05, 3.63) is 33.8 Å². The molecule has 0 unspecified atom stereocenters. The lowest BCUT2D eigenvalue weighted by molar-refractivity contribution is -0.152. The average Bonchev–Trinajstić information content (AvgIpc) is 2.89. The summed E-state index contributed by atoms with van der Waals surface area (Å²) >= 11 is 12.4. The molecule has 1 saturated heterocycles. The van der Waals surface area contributed by atoms with Crippen LogP contribution < -0.4 is 0 Å². The van der Waals surface area contributed by atoms with Crippen molar-refractivity contribution < 1.29 is 14.3 Å². The van der Waals surface area contributed by atoms with Crippen LogP contribution in [0.4, 0.5) is 0 Å². The Hall–Kier alpha value is -1.26. The first-order valence-corrected chi connectivity index (χ1v) is 8.57. The molecule has 0 N–H and O–H groups in total. The number of hydrogen-bond acceptors (Lipinski definition) is 3. The highest BCUT2D eigenvalue weighted by Gasteiger charge is 2.26. The third-order valence-electron chi connectivity index (χ3n) is 3.91. The predicted octanol–water partition coefficient (Wildman–Crippen LogP) is 4.25. The average molecular weight is 358 g/mol. The lowest BCUT2D eigenvalue weighted by Crippen LogP contribution is -2.28. The van der Waals surface area contributed by atoms with Gasteiger partial charge in [0.05, 0.1) is 6.42 Å². The molecule has 0 radical (unpaired) electrons. The second-order valence-corrected chi connectivity index (χ2v) is 6.84. The zero-order valence-electron chi connectivity index (χ0n) is 13.4. The molecule has 1 aliphatic heterocycles. The van der Waals surface area contributed by atoms with Gasteiger partial charge in [0.2, 0.25) is 5.91 Å². The molecule has 4 nitrogen and oxygen atoms in total. The molecule has 1 fully saturated rings. The number of carbonyl (C=O) groups is 2. The summed E-state index contributed by atoms with van der Waals surface area (Å²) in [6.45, 7) is 5.01. The van der Waals surface area contributed by atoms with Crippen molar-refractivity contribution in [1.82, 2.24) is 4.90 Å². The van der Waals surface area contributed by atoms with Gasteiger partial charge in [0, 0.05) is 35.1 Å². The van der Waals surface area contributed by atoms with E-state index in [1.807, 2.05) is 13.8 Å². The van der Waals surface area contributed by atoms with E-state index >= 15 is 0 Å². The lowest BCUT2D eigenvalue weighted by atomic mass is 9.98. The van der Waals surface area contributed by atoms with Gasteiger partial charge in [-0.2, -0.15) is 0 Å². The zero-order valence-corrected chi connectivity index (χ0v) is 14.9. The molecule has 0 bridgehead atoms. The van der Waals surface area contributed by atoms with Crippen LogP contribution in [0, 0.1) is 5.92 Å². The number of ether oxygens (including phenoxy) is 1. The largest absolute Gasteiger partial charge is 0.457 e. The molecular formula is C17H21Cl2NO3. The van der Waals surface area contributed by atoms with Gasteiger partial charge < -0.3 is 9.64 Å². The Bertz CT molecular complexity index is 569. The first-order valence-electron chi connectivity index (χ1n) is 7.81. The van der Waals surface area contributed by atoms with Crippen LogP contribution in [0.1, 0.15) is 44.8 Å². The summed E-state index contributed by atoms with van der Waals surface area (Å²) in [6.07, 6.45) is 1.10. The van der Waals surface area contributed by atoms with Crippen molar-refractivity contribution in [2.75, 3.05) is 13.1 Å². The molecular weight excluding hydrogens is 337 g/mol. The highest BCUT2D eigenvalue weighted by Crippen LogP contribution is 2.36. The van der Waals surface area contributed by atoms with Crippen molar-refractivity contribution in [3.8, 4) is 0 Å². The molecule has 1 amide bonds. The molecule has 1 aromatic rings. The summed E-state index contributed by atoms with van der Waals surface area (Å²) in [5.74, 6) is -0.212. The van der Waals surface area contributed by atoms with Crippen LogP contribution >= 0.6 is 23.2 Å². The molecule has 2 rings (SSSR count). The van der Waals surface area contributed by atoms with E-state index in [-0.39, 0.29) is 24.2 Å². The van der Waals surface area contributed by atoms with Crippen LogP contribution in [-0.4, -0.2) is 29.9 Å². The molecule has 0 spiro atoms. The van der Waals surface area contributed by atoms with Crippen LogP contribution in [0.3, 0.4) is 0 Å². The van der Waals surface area contributed by atoms with Crippen LogP contribution in [0.25, 0.3) is 0 Å². The zero-order chi connectivity index (χ0) is 17.0. The maximum atomic E-state index is 12.2. The van der Waals surface area contributed by atoms with Crippen LogP contribution in [0.5, 0.6) is 0 Å². The highest BCUT2D eigenvalue weighted by molar-refractivity contribution is 6.36. The van der Waals surface area contributed by atoms with E-state index in [2.05, 4.69) is 0 Å². The van der Waals surface area contributed by atoms with E-state index in [4.69, 9.17) is 27.9 Å². The molecule has 1 aromatic carbocycles.